The van der Waals surface area contributed by atoms with Gasteiger partial charge in [0, 0.05) is 23.9 Å². The molecular weight excluding hydrogens is 224 g/mol. The highest BCUT2D eigenvalue weighted by Crippen LogP contribution is 2.20. The van der Waals surface area contributed by atoms with Crippen LogP contribution in [0.2, 0.25) is 0 Å². The Hall–Kier alpha value is -0.450. The third kappa shape index (κ3) is 3.00. The van der Waals surface area contributed by atoms with E-state index in [2.05, 4.69) is 22.4 Å². The van der Waals surface area contributed by atoms with Crippen LogP contribution in [-0.2, 0) is 6.54 Å². The van der Waals surface area contributed by atoms with Gasteiger partial charge in [-0.05, 0) is 30.8 Å². The van der Waals surface area contributed by atoms with Gasteiger partial charge >= 0.3 is 0 Å². The molecule has 0 spiro atoms. The molecule has 1 unspecified atom stereocenters. The fraction of sp³-hybridized carbons (Fsp3) is 0.545. The van der Waals surface area contributed by atoms with Crippen LogP contribution in [0.3, 0.4) is 0 Å². The molecule has 2 heterocycles. The van der Waals surface area contributed by atoms with Crippen LogP contribution in [-0.4, -0.2) is 23.0 Å². The number of hydrogen-bond acceptors (Lipinski definition) is 3. The monoisotopic (exact) mass is 240 g/mol. The van der Waals surface area contributed by atoms with Crippen molar-refractivity contribution in [2.75, 3.05) is 13.1 Å². The van der Waals surface area contributed by atoms with Crippen LogP contribution in [0.5, 0.6) is 0 Å². The van der Waals surface area contributed by atoms with Crippen molar-refractivity contribution in [3.8, 4) is 0 Å². The minimum Gasteiger partial charge on any atom is -0.393 e. The Bertz CT molecular complexity index is 321. The summed E-state index contributed by atoms with van der Waals surface area (Å²) in [7, 11) is 0. The maximum Gasteiger partial charge on any atom is 0.0771 e. The SMILES string of the molecule is NC(=S)C1CCCN(Cc2cccs2)C1. The van der Waals surface area contributed by atoms with Crippen LogP contribution in [0, 0.1) is 5.92 Å². The average Bonchev–Trinajstić information content (AvgIpc) is 2.71. The molecule has 0 aromatic carbocycles. The van der Waals surface area contributed by atoms with E-state index < -0.39 is 0 Å². The lowest BCUT2D eigenvalue weighted by Crippen LogP contribution is -2.39. The van der Waals surface area contributed by atoms with Gasteiger partial charge in [0.05, 0.1) is 4.99 Å². The summed E-state index contributed by atoms with van der Waals surface area (Å²) in [5, 5.41) is 2.13. The van der Waals surface area contributed by atoms with Crippen molar-refractivity contribution in [2.45, 2.75) is 19.4 Å². The second-order valence-corrected chi connectivity index (χ2v) is 5.56. The highest BCUT2D eigenvalue weighted by Gasteiger charge is 2.21. The normalized spacial score (nSPS) is 22.8. The lowest BCUT2D eigenvalue weighted by atomic mass is 9.98. The van der Waals surface area contributed by atoms with E-state index in [4.69, 9.17) is 18.0 Å². The maximum atomic E-state index is 5.71. The van der Waals surface area contributed by atoms with Gasteiger partial charge < -0.3 is 5.73 Å². The predicted octanol–water partition coefficient (Wildman–Crippen LogP) is 2.25. The van der Waals surface area contributed by atoms with Gasteiger partial charge in [-0.1, -0.05) is 18.3 Å². The lowest BCUT2D eigenvalue weighted by molar-refractivity contribution is 0.199. The molecule has 0 saturated carbocycles. The number of piperidine rings is 1. The summed E-state index contributed by atoms with van der Waals surface area (Å²) in [5.74, 6) is 0.425. The summed E-state index contributed by atoms with van der Waals surface area (Å²) >= 11 is 6.89. The van der Waals surface area contributed by atoms with Crippen LogP contribution >= 0.6 is 23.6 Å². The number of likely N-dealkylation sites (tertiary alicyclic amines) is 1. The first-order valence-electron chi connectivity index (χ1n) is 5.30. The van der Waals surface area contributed by atoms with Gasteiger partial charge in [0.25, 0.3) is 0 Å². The van der Waals surface area contributed by atoms with E-state index in [0.717, 1.165) is 19.5 Å². The second kappa shape index (κ2) is 5.05. The zero-order chi connectivity index (χ0) is 10.7. The zero-order valence-corrected chi connectivity index (χ0v) is 10.3. The highest BCUT2D eigenvalue weighted by atomic mass is 32.1. The molecule has 0 amide bonds. The highest BCUT2D eigenvalue weighted by molar-refractivity contribution is 7.80. The molecule has 0 radical (unpaired) electrons. The smallest absolute Gasteiger partial charge is 0.0771 e. The molecule has 1 aromatic rings. The summed E-state index contributed by atoms with van der Waals surface area (Å²) in [6, 6.07) is 4.30. The number of hydrogen-bond donors (Lipinski definition) is 1. The van der Waals surface area contributed by atoms with E-state index in [-0.39, 0.29) is 0 Å². The van der Waals surface area contributed by atoms with Crippen LogP contribution in [0.25, 0.3) is 0 Å². The molecule has 0 bridgehead atoms. The minimum atomic E-state index is 0.425. The van der Waals surface area contributed by atoms with Gasteiger partial charge in [-0.15, -0.1) is 11.3 Å². The number of nitrogens with two attached hydrogens (primary N) is 1. The van der Waals surface area contributed by atoms with E-state index in [1.165, 1.54) is 17.8 Å². The standard InChI is InChI=1S/C11H16N2S2/c12-11(14)9-3-1-5-13(7-9)8-10-4-2-6-15-10/h2,4,6,9H,1,3,5,7-8H2,(H2,12,14). The maximum absolute atomic E-state index is 5.71. The Labute approximate surface area is 100 Å². The van der Waals surface area contributed by atoms with Gasteiger partial charge in [0.2, 0.25) is 0 Å². The molecule has 1 atom stereocenters. The third-order valence-corrected chi connectivity index (χ3v) is 4.06. The average molecular weight is 240 g/mol. The van der Waals surface area contributed by atoms with Crippen LogP contribution in [0.1, 0.15) is 17.7 Å². The number of rotatable bonds is 3. The Morgan fingerprint density at radius 1 is 1.67 bits per heavy atom. The first-order valence-corrected chi connectivity index (χ1v) is 6.58. The summed E-state index contributed by atoms with van der Waals surface area (Å²) in [5.41, 5.74) is 5.71. The molecule has 4 heteroatoms. The van der Waals surface area contributed by atoms with E-state index in [1.54, 1.807) is 0 Å². The number of thiophene rings is 1. The molecule has 2 N–H and O–H groups in total. The van der Waals surface area contributed by atoms with Crippen molar-refractivity contribution in [3.05, 3.63) is 22.4 Å². The van der Waals surface area contributed by atoms with Crippen LogP contribution in [0.15, 0.2) is 17.5 Å². The third-order valence-electron chi connectivity index (χ3n) is 2.87. The topological polar surface area (TPSA) is 29.3 Å². The molecule has 15 heavy (non-hydrogen) atoms. The van der Waals surface area contributed by atoms with E-state index in [9.17, 15) is 0 Å². The van der Waals surface area contributed by atoms with Gasteiger partial charge in [-0.2, -0.15) is 0 Å². The van der Waals surface area contributed by atoms with Crippen molar-refractivity contribution in [3.63, 3.8) is 0 Å². The van der Waals surface area contributed by atoms with Crippen LogP contribution in [0.4, 0.5) is 0 Å². The molecule has 2 rings (SSSR count). The first kappa shape index (κ1) is 11.0. The largest absolute Gasteiger partial charge is 0.393 e. The Kier molecular flexibility index (Phi) is 3.72. The van der Waals surface area contributed by atoms with E-state index in [0.29, 0.717) is 10.9 Å². The van der Waals surface area contributed by atoms with Crippen molar-refractivity contribution in [1.82, 2.24) is 4.90 Å². The summed E-state index contributed by atoms with van der Waals surface area (Å²) in [4.78, 5) is 4.57. The summed E-state index contributed by atoms with van der Waals surface area (Å²) < 4.78 is 0. The minimum absolute atomic E-state index is 0.425. The molecule has 2 nitrogen and oxygen atoms in total. The molecule has 1 aromatic heterocycles. The van der Waals surface area contributed by atoms with E-state index >= 15 is 0 Å². The quantitative estimate of drug-likeness (QED) is 0.822. The van der Waals surface area contributed by atoms with Gasteiger partial charge in [0.15, 0.2) is 0 Å². The fourth-order valence-corrected chi connectivity index (χ4v) is 2.99. The lowest BCUT2D eigenvalue weighted by Gasteiger charge is -2.31. The molecule has 1 saturated heterocycles. The van der Waals surface area contributed by atoms with Crippen molar-refractivity contribution < 1.29 is 0 Å². The van der Waals surface area contributed by atoms with Crippen molar-refractivity contribution in [1.29, 1.82) is 0 Å². The van der Waals surface area contributed by atoms with Gasteiger partial charge in [-0.3, -0.25) is 4.90 Å². The Balaban J connectivity index is 1.90. The number of thiocarbonyl (C=S) groups is 1. The molecule has 1 aliphatic heterocycles. The second-order valence-electron chi connectivity index (χ2n) is 4.06. The molecule has 0 aliphatic carbocycles. The molecule has 1 aliphatic rings. The van der Waals surface area contributed by atoms with E-state index in [1.807, 2.05) is 11.3 Å². The first-order chi connectivity index (χ1) is 7.25. The summed E-state index contributed by atoms with van der Waals surface area (Å²) in [6.07, 6.45) is 2.38. The molecular formula is C11H16N2S2. The predicted molar refractivity (Wildman–Crippen MR) is 69.1 cm³/mol. The van der Waals surface area contributed by atoms with Crippen molar-refractivity contribution in [2.24, 2.45) is 11.7 Å². The van der Waals surface area contributed by atoms with Crippen molar-refractivity contribution >= 4 is 28.5 Å². The Morgan fingerprint density at radius 2 is 2.53 bits per heavy atom. The van der Waals surface area contributed by atoms with Gasteiger partial charge in [0.1, 0.15) is 0 Å². The molecule has 1 fully saturated rings. The molecule has 82 valence electrons. The summed E-state index contributed by atoms with van der Waals surface area (Å²) in [6.45, 7) is 3.26. The van der Waals surface area contributed by atoms with Crippen LogP contribution < -0.4 is 5.73 Å². The zero-order valence-electron chi connectivity index (χ0n) is 8.69. The number of nitrogens with zero attached hydrogens (tertiary/aromatic N) is 1. The Morgan fingerprint density at radius 3 is 3.20 bits per heavy atom. The fourth-order valence-electron chi connectivity index (χ4n) is 2.05. The van der Waals surface area contributed by atoms with Gasteiger partial charge in [-0.25, -0.2) is 0 Å².